The van der Waals surface area contributed by atoms with Crippen LogP contribution < -0.4 is 10.2 Å². The lowest BCUT2D eigenvalue weighted by atomic mass is 9.91. The van der Waals surface area contributed by atoms with E-state index < -0.39 is 15.7 Å². The van der Waals surface area contributed by atoms with Crippen LogP contribution >= 0.6 is 0 Å². The van der Waals surface area contributed by atoms with Crippen molar-refractivity contribution in [3.8, 4) is 0 Å². The number of nitrogens with one attached hydrogen (secondary N) is 1. The van der Waals surface area contributed by atoms with Crippen LogP contribution in [0.25, 0.3) is 0 Å². The number of hydrogen-bond acceptors (Lipinski definition) is 8. The van der Waals surface area contributed by atoms with Gasteiger partial charge in [0, 0.05) is 52.6 Å². The molecule has 3 heterocycles. The van der Waals surface area contributed by atoms with Gasteiger partial charge in [-0.3, -0.25) is 4.79 Å². The third-order valence-electron chi connectivity index (χ3n) is 6.95. The molecule has 4 rings (SSSR count). The summed E-state index contributed by atoms with van der Waals surface area (Å²) in [7, 11) is -2.05. The number of anilines is 1. The summed E-state index contributed by atoms with van der Waals surface area (Å²) in [5.74, 6) is 0.282. The number of benzene rings is 1. The minimum Gasteiger partial charge on any atom is -0.393 e. The van der Waals surface area contributed by atoms with E-state index in [2.05, 4.69) is 10.3 Å². The fraction of sp³-hybridized carbons (Fsp3) is 0.538. The Morgan fingerprint density at radius 1 is 1.08 bits per heavy atom. The van der Waals surface area contributed by atoms with Gasteiger partial charge in [-0.05, 0) is 31.5 Å². The van der Waals surface area contributed by atoms with Crippen molar-refractivity contribution in [2.45, 2.75) is 31.6 Å². The third kappa shape index (κ3) is 6.16. The first-order valence-corrected chi connectivity index (χ1v) is 14.2. The van der Waals surface area contributed by atoms with Crippen LogP contribution in [0.2, 0.25) is 0 Å². The van der Waals surface area contributed by atoms with Crippen molar-refractivity contribution < 1.29 is 27.8 Å². The van der Waals surface area contributed by atoms with E-state index in [9.17, 15) is 18.3 Å². The first-order chi connectivity index (χ1) is 18.2. The highest BCUT2D eigenvalue weighted by atomic mass is 32.2. The van der Waals surface area contributed by atoms with E-state index in [-0.39, 0.29) is 31.3 Å². The molecule has 11 nitrogen and oxygen atoms in total. The predicted molar refractivity (Wildman–Crippen MR) is 143 cm³/mol. The monoisotopic (exact) mass is 547 g/mol. The van der Waals surface area contributed by atoms with Gasteiger partial charge in [0.25, 0.3) is 16.1 Å². The number of ether oxygens (including phenoxy) is 2. The molecular weight excluding hydrogens is 510 g/mol. The fourth-order valence-electron chi connectivity index (χ4n) is 5.00. The Balaban J connectivity index is 1.39. The number of carbonyl (C=O) groups excluding carboxylic acids is 1. The molecule has 2 saturated heterocycles. The molecule has 2 aliphatic rings. The molecule has 2 fully saturated rings. The van der Waals surface area contributed by atoms with E-state index in [1.54, 1.807) is 12.1 Å². The Morgan fingerprint density at radius 2 is 1.74 bits per heavy atom. The molecule has 2 aromatic rings. The lowest BCUT2D eigenvalue weighted by Gasteiger charge is -2.40. The van der Waals surface area contributed by atoms with Crippen LogP contribution in [0.1, 0.15) is 29.8 Å². The molecule has 1 aromatic carbocycles. The minimum absolute atomic E-state index is 0.0974. The maximum absolute atomic E-state index is 13.2. The molecule has 0 spiro atoms. The molecule has 3 unspecified atom stereocenters. The van der Waals surface area contributed by atoms with E-state index in [4.69, 9.17) is 9.47 Å². The van der Waals surface area contributed by atoms with Crippen LogP contribution in [0.4, 0.5) is 5.82 Å². The molecule has 38 heavy (non-hydrogen) atoms. The summed E-state index contributed by atoms with van der Waals surface area (Å²) in [6.45, 7) is 5.90. The fourth-order valence-corrected chi connectivity index (χ4v) is 6.75. The highest BCUT2D eigenvalue weighted by molar-refractivity contribution is 7.86. The van der Waals surface area contributed by atoms with Gasteiger partial charge in [0.1, 0.15) is 11.4 Å². The minimum atomic E-state index is -3.57. The van der Waals surface area contributed by atoms with Gasteiger partial charge in [0.2, 0.25) is 0 Å². The lowest BCUT2D eigenvalue weighted by Crippen LogP contribution is -2.57. The van der Waals surface area contributed by atoms with Crippen molar-refractivity contribution in [1.82, 2.24) is 18.9 Å². The number of carbonyl (C=O) groups is 1. The van der Waals surface area contributed by atoms with Gasteiger partial charge >= 0.3 is 0 Å². The number of aromatic nitrogens is 1. The number of pyridine rings is 1. The molecule has 1 aromatic heterocycles. The molecule has 0 bridgehead atoms. The number of hydrogen-bond donors (Lipinski definition) is 2. The van der Waals surface area contributed by atoms with Gasteiger partial charge in [0.05, 0.1) is 31.0 Å². The van der Waals surface area contributed by atoms with Crippen molar-refractivity contribution in [2.24, 2.45) is 0 Å². The predicted octanol–water partition coefficient (Wildman–Crippen LogP) is 0.822. The van der Waals surface area contributed by atoms with E-state index in [0.717, 1.165) is 5.56 Å². The molecule has 0 saturated carbocycles. The number of morpholine rings is 1. The van der Waals surface area contributed by atoms with E-state index >= 15 is 0 Å². The van der Waals surface area contributed by atoms with E-state index in [1.165, 1.54) is 21.9 Å². The van der Waals surface area contributed by atoms with Gasteiger partial charge in [-0.1, -0.05) is 30.3 Å². The second-order valence-corrected chi connectivity index (χ2v) is 11.8. The van der Waals surface area contributed by atoms with E-state index in [1.807, 2.05) is 49.1 Å². The van der Waals surface area contributed by atoms with Crippen molar-refractivity contribution >= 4 is 21.9 Å². The molecule has 2 aliphatic heterocycles. The molecule has 208 valence electrons. The first kappa shape index (κ1) is 28.4. The zero-order valence-electron chi connectivity index (χ0n) is 22.1. The van der Waals surface area contributed by atoms with Gasteiger partial charge in [-0.2, -0.15) is 17.0 Å². The van der Waals surface area contributed by atoms with Crippen molar-refractivity contribution in [3.05, 3.63) is 59.8 Å². The second kappa shape index (κ2) is 12.1. The first-order valence-electron chi connectivity index (χ1n) is 12.8. The van der Waals surface area contributed by atoms with Crippen LogP contribution in [0.5, 0.6) is 0 Å². The maximum atomic E-state index is 13.2. The second-order valence-electron chi connectivity index (χ2n) is 9.87. The quantitative estimate of drug-likeness (QED) is 0.473. The summed E-state index contributed by atoms with van der Waals surface area (Å²) in [5, 5.41) is 13.1. The van der Waals surface area contributed by atoms with Gasteiger partial charge in [-0.25, -0.2) is 4.98 Å². The molecule has 12 heteroatoms. The highest BCUT2D eigenvalue weighted by Crippen LogP contribution is 2.23. The summed E-state index contributed by atoms with van der Waals surface area (Å²) >= 11 is 0. The van der Waals surface area contributed by atoms with Crippen LogP contribution in [0, 0.1) is 0 Å². The molecule has 0 aliphatic carbocycles. The third-order valence-corrected chi connectivity index (χ3v) is 8.92. The van der Waals surface area contributed by atoms with Crippen LogP contribution in [0.15, 0.2) is 48.7 Å². The van der Waals surface area contributed by atoms with Crippen molar-refractivity contribution in [3.63, 3.8) is 0 Å². The summed E-state index contributed by atoms with van der Waals surface area (Å²) in [4.78, 5) is 19.6. The number of rotatable bonds is 9. The number of piperazine rings is 1. The Kier molecular flexibility index (Phi) is 9.01. The molecule has 2 N–H and O–H groups in total. The zero-order valence-corrected chi connectivity index (χ0v) is 22.9. The number of amides is 1. The summed E-state index contributed by atoms with van der Waals surface area (Å²) in [5.41, 5.74) is -0.0182. The molecule has 1 amide bonds. The Morgan fingerprint density at radius 3 is 2.29 bits per heavy atom. The average Bonchev–Trinajstić information content (AvgIpc) is 2.93. The van der Waals surface area contributed by atoms with Crippen molar-refractivity contribution in [2.75, 3.05) is 64.5 Å². The number of aliphatic hydroxyl groups is 1. The largest absolute Gasteiger partial charge is 0.393 e. The topological polar surface area (TPSA) is 125 Å². The summed E-state index contributed by atoms with van der Waals surface area (Å²) < 4.78 is 40.4. The van der Waals surface area contributed by atoms with Crippen LogP contribution in [-0.4, -0.2) is 105 Å². The Hall–Kier alpha value is -2.61. The molecule has 3 atom stereocenters. The van der Waals surface area contributed by atoms with E-state index in [0.29, 0.717) is 50.6 Å². The van der Waals surface area contributed by atoms with Gasteiger partial charge < -0.3 is 24.8 Å². The Labute approximate surface area is 224 Å². The summed E-state index contributed by atoms with van der Waals surface area (Å²) in [6, 6.07) is 12.6. The highest BCUT2D eigenvalue weighted by Gasteiger charge is 2.37. The van der Waals surface area contributed by atoms with Gasteiger partial charge in [0.15, 0.2) is 0 Å². The maximum Gasteiger partial charge on any atom is 0.282 e. The average molecular weight is 548 g/mol. The van der Waals surface area contributed by atoms with Crippen LogP contribution in [-0.2, 0) is 25.2 Å². The lowest BCUT2D eigenvalue weighted by molar-refractivity contribution is -0.0455. The summed E-state index contributed by atoms with van der Waals surface area (Å²) in [6.07, 6.45) is 1.21. The van der Waals surface area contributed by atoms with Crippen LogP contribution in [0.3, 0.4) is 0 Å². The Bertz CT molecular complexity index is 1160. The van der Waals surface area contributed by atoms with Crippen molar-refractivity contribution in [1.29, 1.82) is 0 Å². The normalized spacial score (nSPS) is 23.1. The molecule has 0 radical (unpaired) electrons. The number of nitrogens with zero attached hydrogens (tertiary/aromatic N) is 4. The number of methoxy groups -OCH3 is 1. The SMILES string of the molecule is COCC(CO)(NC(=O)c1ccc(N2CCN(S(=O)(=O)N3CC(C)OC(C)C3)CC2)nc1)c1ccccc1. The zero-order chi connectivity index (χ0) is 27.3. The molecular formula is C26H37N5O6S. The smallest absolute Gasteiger partial charge is 0.282 e. The standard InChI is InChI=1S/C26H37N5O6S/c1-20-16-31(17-21(2)37-20)38(34,35)30-13-11-29(12-14-30)24-10-9-22(15-27-24)25(33)28-26(18-32,19-36-3)23-7-5-4-6-8-23/h4-10,15,20-21,32H,11-14,16-19H2,1-3H3,(H,28,33). The van der Waals surface area contributed by atoms with Gasteiger partial charge in [-0.15, -0.1) is 0 Å². The number of aliphatic hydroxyl groups excluding tert-OH is 1.